The van der Waals surface area contributed by atoms with E-state index in [0.29, 0.717) is 32.5 Å². The SMILES string of the molecule is CCC(C)(C)C1(C)CCCCC1.CCC1(C2(C)CCCC2)Cc2ccccc2C1.CCC1(C2(C)CCCCC2)CC1.CCC1(C2(C)CCCCC2)CCCC1.CCC1(C2(C)CCCCC2)CCCCC1.CCC1CCCC1CC.CCC1CCCCC1CC.CCCC1CCCCC1C. The minimum Gasteiger partial charge on any atom is -0.0654 e. The van der Waals surface area contributed by atoms with Gasteiger partial charge in [-0.2, -0.15) is 0 Å². The maximum Gasteiger partial charge on any atom is -0.0165 e. The summed E-state index contributed by atoms with van der Waals surface area (Å²) in [6.45, 7) is 43.8. The Hall–Kier alpha value is -0.780. The molecule has 0 N–H and O–H groups in total. The summed E-state index contributed by atoms with van der Waals surface area (Å²) in [6.07, 6.45) is 87.0. The van der Waals surface area contributed by atoms with Crippen molar-refractivity contribution in [3.8, 4) is 0 Å². The lowest BCUT2D eigenvalue weighted by Crippen LogP contribution is -2.42. The van der Waals surface area contributed by atoms with E-state index in [-0.39, 0.29) is 0 Å². The van der Waals surface area contributed by atoms with Gasteiger partial charge in [-0.3, -0.25) is 0 Å². The van der Waals surface area contributed by atoms with Gasteiger partial charge in [-0.25, -0.2) is 0 Å². The minimum atomic E-state index is 0.549. The van der Waals surface area contributed by atoms with Crippen molar-refractivity contribution in [1.82, 2.24) is 0 Å². The van der Waals surface area contributed by atoms with Gasteiger partial charge in [-0.05, 0) is 242 Å². The van der Waals surface area contributed by atoms with Crippen molar-refractivity contribution in [3.63, 3.8) is 0 Å². The number of hydrogen-bond acceptors (Lipinski definition) is 0. The van der Waals surface area contributed by atoms with Gasteiger partial charge in [0.05, 0.1) is 0 Å². The van der Waals surface area contributed by atoms with E-state index in [1.165, 1.54) is 379 Å². The molecule has 12 aliphatic carbocycles. The zero-order valence-electron chi connectivity index (χ0n) is 71.5. The summed E-state index contributed by atoms with van der Waals surface area (Å²) in [5, 5.41) is 0. The Morgan fingerprint density at radius 3 is 0.879 bits per heavy atom. The topological polar surface area (TPSA) is 0 Å². The van der Waals surface area contributed by atoms with E-state index in [1.54, 1.807) is 11.1 Å². The van der Waals surface area contributed by atoms with Crippen LogP contribution in [0.25, 0.3) is 0 Å². The summed E-state index contributed by atoms with van der Waals surface area (Å²) in [4.78, 5) is 0. The van der Waals surface area contributed by atoms with Crippen LogP contribution in [0.2, 0.25) is 0 Å². The summed E-state index contributed by atoms with van der Waals surface area (Å²) >= 11 is 0. The zero-order valence-corrected chi connectivity index (χ0v) is 71.5. The Balaban J connectivity index is 0.000000180. The molecule has 0 heteroatoms. The molecule has 0 aliphatic heterocycles. The van der Waals surface area contributed by atoms with Crippen LogP contribution in [-0.2, 0) is 12.8 Å². The molecular formula is C99H182. The van der Waals surface area contributed by atoms with E-state index in [1.807, 2.05) is 0 Å². The van der Waals surface area contributed by atoms with Gasteiger partial charge in [0.25, 0.3) is 0 Å². The van der Waals surface area contributed by atoms with E-state index in [0.717, 1.165) is 57.2 Å². The van der Waals surface area contributed by atoms with Gasteiger partial charge in [0.15, 0.2) is 0 Å². The number of fused-ring (bicyclic) bond motifs is 1. The number of rotatable bonds is 16. The predicted octanol–water partition coefficient (Wildman–Crippen LogP) is 34.0. The van der Waals surface area contributed by atoms with Crippen molar-refractivity contribution >= 4 is 0 Å². The summed E-state index contributed by atoms with van der Waals surface area (Å²) in [5.74, 6) is 6.38. The van der Waals surface area contributed by atoms with Gasteiger partial charge < -0.3 is 0 Å². The Morgan fingerprint density at radius 2 is 0.576 bits per heavy atom. The van der Waals surface area contributed by atoms with Crippen LogP contribution in [0.5, 0.6) is 0 Å². The Kier molecular flexibility index (Phi) is 37.1. The lowest BCUT2D eigenvalue weighted by Gasteiger charge is -2.53. The molecule has 13 rings (SSSR count). The largest absolute Gasteiger partial charge is 0.0654 e. The quantitative estimate of drug-likeness (QED) is 0.155. The average Bonchev–Trinajstić information content (AvgIpc) is 1.57. The summed E-state index contributed by atoms with van der Waals surface area (Å²) in [6, 6.07) is 9.12. The first kappa shape index (κ1) is 87.1. The van der Waals surface area contributed by atoms with Crippen molar-refractivity contribution in [3.05, 3.63) is 35.4 Å². The fourth-order valence-corrected chi connectivity index (χ4v) is 25.8. The van der Waals surface area contributed by atoms with Crippen LogP contribution in [-0.4, -0.2) is 0 Å². The van der Waals surface area contributed by atoms with Gasteiger partial charge in [0.2, 0.25) is 0 Å². The molecule has 0 aromatic heterocycles. The van der Waals surface area contributed by atoms with Crippen LogP contribution in [0.15, 0.2) is 24.3 Å². The normalized spacial score (nSPS) is 30.0. The highest BCUT2D eigenvalue weighted by atomic mass is 14.6. The molecule has 0 spiro atoms. The molecule has 0 amide bonds. The van der Waals surface area contributed by atoms with Crippen molar-refractivity contribution in [1.29, 1.82) is 0 Å². The minimum absolute atomic E-state index is 0.549. The number of hydrogen-bond donors (Lipinski definition) is 0. The smallest absolute Gasteiger partial charge is 0.0165 e. The first-order chi connectivity index (χ1) is 47.5. The standard InChI is InChI=1S/C17H24.C15H28.C14H26.C12H22.C12H24.2C10H20.C9H18/c1-3-17(16(2)10-6-7-11-16)12-14-8-4-5-9-15(14)13-17;1-3-15(12-8-5-9-13-15)14(2)10-6-4-7-11-14;1-3-14(11-7-8-12-14)13(2)9-5-4-6-10-13;1-3-12(9-10-12)11(2)7-5-4-6-8-11;1-5-11(2,3)12(4)9-7-6-8-10-12;1-3-6-10-8-5-4-7-9(10)2;1-3-9-7-5-6-8-10(9)4-2;1-3-8-6-5-7-9(8)4-2/h4-5,8-9H,3,6-7,10-13H2,1-2H3;3-13H2,1-2H3;3-12H2,1-2H3;3-10H2,1-2H3;5-10H2,1-4H3;2*9-10H,3-8H2,1-2H3;8-9H,3-7H2,1-2H3. The molecule has 12 aliphatic rings. The molecule has 0 nitrogen and oxygen atoms in total. The second-order valence-corrected chi connectivity index (χ2v) is 40.1. The van der Waals surface area contributed by atoms with Crippen LogP contribution in [0.4, 0.5) is 0 Å². The third-order valence-electron chi connectivity index (χ3n) is 35.2. The molecule has 0 bridgehead atoms. The third kappa shape index (κ3) is 22.9. The highest BCUT2D eigenvalue weighted by Gasteiger charge is 2.55. The van der Waals surface area contributed by atoms with Crippen LogP contribution < -0.4 is 0 Å². The van der Waals surface area contributed by atoms with Crippen LogP contribution in [0.3, 0.4) is 0 Å². The van der Waals surface area contributed by atoms with Crippen molar-refractivity contribution in [2.45, 2.75) is 503 Å². The Bertz CT molecular complexity index is 2160. The molecule has 1 aromatic carbocycles. The van der Waals surface area contributed by atoms with Crippen LogP contribution in [0, 0.1) is 89.7 Å². The molecule has 99 heavy (non-hydrogen) atoms. The summed E-state index contributed by atoms with van der Waals surface area (Å²) < 4.78 is 0. The van der Waals surface area contributed by atoms with Gasteiger partial charge in [0.1, 0.15) is 0 Å². The molecular weight excluding hydrogens is 1190 g/mol. The monoisotopic (exact) mass is 1370 g/mol. The van der Waals surface area contributed by atoms with Gasteiger partial charge in [-0.15, -0.1) is 0 Å². The van der Waals surface area contributed by atoms with E-state index in [9.17, 15) is 0 Å². The highest BCUT2D eigenvalue weighted by Crippen LogP contribution is 2.66. The lowest BCUT2D eigenvalue weighted by molar-refractivity contribution is -0.0232. The fourth-order valence-electron chi connectivity index (χ4n) is 25.8. The van der Waals surface area contributed by atoms with E-state index in [4.69, 9.17) is 0 Å². The van der Waals surface area contributed by atoms with Crippen molar-refractivity contribution in [2.24, 2.45) is 89.7 Å². The lowest BCUT2D eigenvalue weighted by atomic mass is 9.52. The maximum atomic E-state index is 2.61. The second kappa shape index (κ2) is 42.1. The second-order valence-electron chi connectivity index (χ2n) is 40.1. The number of benzene rings is 1. The molecule has 578 valence electrons. The van der Waals surface area contributed by atoms with E-state index >= 15 is 0 Å². The molecule has 6 atom stereocenters. The van der Waals surface area contributed by atoms with Gasteiger partial charge in [0, 0.05) is 0 Å². The first-order valence-electron chi connectivity index (χ1n) is 46.6. The van der Waals surface area contributed by atoms with Crippen molar-refractivity contribution in [2.75, 3.05) is 0 Å². The summed E-state index contributed by atoms with van der Waals surface area (Å²) in [5.41, 5.74) is 10.00. The Labute approximate surface area is 624 Å². The van der Waals surface area contributed by atoms with Crippen LogP contribution in [0.1, 0.15) is 502 Å². The molecule has 1 aromatic rings. The highest BCUT2D eigenvalue weighted by molar-refractivity contribution is 5.35. The Morgan fingerprint density at radius 1 is 0.303 bits per heavy atom. The first-order valence-corrected chi connectivity index (χ1v) is 46.6. The third-order valence-corrected chi connectivity index (χ3v) is 35.2. The molecule has 6 unspecified atom stereocenters. The molecule has 0 saturated heterocycles. The fraction of sp³-hybridized carbons (Fsp3) is 0.939. The maximum absolute atomic E-state index is 2.61. The average molecular weight is 1370 g/mol. The zero-order chi connectivity index (χ0) is 72.2. The van der Waals surface area contributed by atoms with Gasteiger partial charge >= 0.3 is 0 Å². The molecule has 0 heterocycles. The van der Waals surface area contributed by atoms with E-state index < -0.39 is 0 Å². The summed E-state index contributed by atoms with van der Waals surface area (Å²) in [7, 11) is 0. The van der Waals surface area contributed by atoms with Gasteiger partial charge in [-0.1, -0.05) is 386 Å². The molecule has 0 radical (unpaired) electrons. The molecule has 11 saturated carbocycles. The molecule has 11 fully saturated rings. The van der Waals surface area contributed by atoms with E-state index in [2.05, 4.69) is 149 Å². The predicted molar refractivity (Wildman–Crippen MR) is 444 cm³/mol. The van der Waals surface area contributed by atoms with Crippen molar-refractivity contribution < 1.29 is 0 Å². The van der Waals surface area contributed by atoms with Crippen LogP contribution >= 0.6 is 0 Å².